The second-order valence-corrected chi connectivity index (χ2v) is 6.10. The van der Waals surface area contributed by atoms with Gasteiger partial charge in [0.2, 0.25) is 0 Å². The lowest BCUT2D eigenvalue weighted by atomic mass is 10.1. The van der Waals surface area contributed by atoms with Crippen molar-refractivity contribution in [3.05, 3.63) is 48.3 Å². The lowest BCUT2D eigenvalue weighted by molar-refractivity contribution is 0.0764. The van der Waals surface area contributed by atoms with Crippen LogP contribution in [-0.2, 0) is 0 Å². The van der Waals surface area contributed by atoms with Crippen molar-refractivity contribution < 1.29 is 9.90 Å². The predicted octanol–water partition coefficient (Wildman–Crippen LogP) is 2.02. The first kappa shape index (κ1) is 15.5. The summed E-state index contributed by atoms with van der Waals surface area (Å²) in [6.07, 6.45) is 3.59. The molecule has 0 radical (unpaired) electrons. The van der Waals surface area contributed by atoms with Gasteiger partial charge in [-0.15, -0.1) is 0 Å². The van der Waals surface area contributed by atoms with Crippen LogP contribution in [-0.4, -0.2) is 54.2 Å². The molecule has 23 heavy (non-hydrogen) atoms. The van der Waals surface area contributed by atoms with Gasteiger partial charge in [-0.2, -0.15) is 0 Å². The lowest BCUT2D eigenvalue weighted by Gasteiger charge is -2.16. The van der Waals surface area contributed by atoms with Gasteiger partial charge >= 0.3 is 0 Å². The van der Waals surface area contributed by atoms with E-state index in [0.29, 0.717) is 25.1 Å². The molecule has 1 amide bonds. The number of pyridine rings is 1. The number of hydrogen-bond acceptors (Lipinski definition) is 4. The monoisotopic (exact) mass is 311 g/mol. The summed E-state index contributed by atoms with van der Waals surface area (Å²) in [5.74, 6) is -0.0687. The highest BCUT2D eigenvalue weighted by Crippen LogP contribution is 2.23. The molecule has 1 aliphatic rings. The van der Waals surface area contributed by atoms with Crippen LogP contribution in [0.15, 0.2) is 42.7 Å². The molecule has 1 aromatic carbocycles. The van der Waals surface area contributed by atoms with Gasteiger partial charge in [-0.05, 0) is 30.2 Å². The highest BCUT2D eigenvalue weighted by molar-refractivity contribution is 5.95. The molecule has 5 heteroatoms. The summed E-state index contributed by atoms with van der Waals surface area (Å²) in [6.45, 7) is 1.00. The van der Waals surface area contributed by atoms with E-state index in [0.717, 1.165) is 16.8 Å². The summed E-state index contributed by atoms with van der Waals surface area (Å²) in [5, 5.41) is 9.59. The summed E-state index contributed by atoms with van der Waals surface area (Å²) in [6, 6.07) is 10.0. The number of hydrogen-bond donors (Lipinski definition) is 1. The first-order valence-corrected chi connectivity index (χ1v) is 7.75. The Morgan fingerprint density at radius 2 is 1.96 bits per heavy atom. The quantitative estimate of drug-likeness (QED) is 0.942. The Morgan fingerprint density at radius 1 is 1.22 bits per heavy atom. The lowest BCUT2D eigenvalue weighted by Crippen LogP contribution is -2.29. The minimum absolute atomic E-state index is 0.0687. The molecule has 120 valence electrons. The van der Waals surface area contributed by atoms with Crippen LogP contribution >= 0.6 is 0 Å². The number of aliphatic hydroxyl groups excluding tert-OH is 1. The van der Waals surface area contributed by atoms with E-state index >= 15 is 0 Å². The Morgan fingerprint density at radius 3 is 2.57 bits per heavy atom. The summed E-state index contributed by atoms with van der Waals surface area (Å²) in [4.78, 5) is 20.4. The Hall–Kier alpha value is -2.40. The minimum atomic E-state index is -0.409. The molecular weight excluding hydrogens is 290 g/mol. The number of aromatic nitrogens is 1. The first-order valence-electron chi connectivity index (χ1n) is 7.75. The molecule has 1 aliphatic heterocycles. The van der Waals surface area contributed by atoms with Crippen LogP contribution in [0.3, 0.4) is 0 Å². The normalized spacial score (nSPS) is 17.3. The van der Waals surface area contributed by atoms with E-state index in [1.54, 1.807) is 17.3 Å². The molecule has 1 fully saturated rings. The number of amides is 1. The van der Waals surface area contributed by atoms with Crippen molar-refractivity contribution in [2.75, 3.05) is 32.1 Å². The zero-order valence-electron chi connectivity index (χ0n) is 13.4. The molecule has 1 saturated heterocycles. The number of rotatable bonds is 3. The molecule has 0 aliphatic carbocycles. The molecule has 1 N–H and O–H groups in total. The van der Waals surface area contributed by atoms with Gasteiger partial charge in [-0.3, -0.25) is 9.78 Å². The first-order chi connectivity index (χ1) is 11.0. The van der Waals surface area contributed by atoms with Gasteiger partial charge in [0.15, 0.2) is 0 Å². The Bertz CT molecular complexity index is 698. The van der Waals surface area contributed by atoms with Gasteiger partial charge < -0.3 is 14.9 Å². The molecule has 0 bridgehead atoms. The van der Waals surface area contributed by atoms with Crippen LogP contribution in [0.5, 0.6) is 0 Å². The van der Waals surface area contributed by atoms with E-state index in [2.05, 4.69) is 4.98 Å². The maximum absolute atomic E-state index is 12.5. The Labute approximate surface area is 136 Å². The van der Waals surface area contributed by atoms with Crippen molar-refractivity contribution in [1.29, 1.82) is 0 Å². The number of carbonyl (C=O) groups excluding carboxylic acids is 1. The van der Waals surface area contributed by atoms with Crippen molar-refractivity contribution in [3.8, 4) is 11.1 Å². The van der Waals surface area contributed by atoms with Crippen molar-refractivity contribution in [3.63, 3.8) is 0 Å². The summed E-state index contributed by atoms with van der Waals surface area (Å²) in [7, 11) is 4.00. The SMILES string of the molecule is CN(C)c1ccc(-c2cncc(C(=O)N3CC[C@@H](O)C3)c2)cc1. The highest BCUT2D eigenvalue weighted by Gasteiger charge is 2.25. The average molecular weight is 311 g/mol. The second-order valence-electron chi connectivity index (χ2n) is 6.10. The molecule has 2 heterocycles. The zero-order chi connectivity index (χ0) is 16.4. The number of benzene rings is 1. The van der Waals surface area contributed by atoms with E-state index in [4.69, 9.17) is 0 Å². The van der Waals surface area contributed by atoms with Gasteiger partial charge in [0.25, 0.3) is 5.91 Å². The maximum Gasteiger partial charge on any atom is 0.255 e. The van der Waals surface area contributed by atoms with Gasteiger partial charge in [0.05, 0.1) is 11.7 Å². The zero-order valence-corrected chi connectivity index (χ0v) is 13.4. The summed E-state index contributed by atoms with van der Waals surface area (Å²) < 4.78 is 0. The fourth-order valence-corrected chi connectivity index (χ4v) is 2.78. The number of nitrogens with zero attached hydrogens (tertiary/aromatic N) is 3. The Balaban J connectivity index is 1.83. The highest BCUT2D eigenvalue weighted by atomic mass is 16.3. The van der Waals surface area contributed by atoms with E-state index < -0.39 is 6.10 Å². The fourth-order valence-electron chi connectivity index (χ4n) is 2.78. The van der Waals surface area contributed by atoms with Crippen molar-refractivity contribution in [1.82, 2.24) is 9.88 Å². The third kappa shape index (κ3) is 3.35. The summed E-state index contributed by atoms with van der Waals surface area (Å²) >= 11 is 0. The smallest absolute Gasteiger partial charge is 0.255 e. The van der Waals surface area contributed by atoms with E-state index in [1.165, 1.54) is 0 Å². The third-order valence-corrected chi connectivity index (χ3v) is 4.15. The van der Waals surface area contributed by atoms with Crippen LogP contribution in [0, 0.1) is 0 Å². The largest absolute Gasteiger partial charge is 0.391 e. The molecule has 0 spiro atoms. The summed E-state index contributed by atoms with van der Waals surface area (Å²) in [5.41, 5.74) is 3.63. The Kier molecular flexibility index (Phi) is 4.30. The molecule has 3 rings (SSSR count). The van der Waals surface area contributed by atoms with Crippen molar-refractivity contribution >= 4 is 11.6 Å². The molecule has 1 atom stereocenters. The van der Waals surface area contributed by atoms with E-state index in [-0.39, 0.29) is 5.91 Å². The fraction of sp³-hybridized carbons (Fsp3) is 0.333. The number of aliphatic hydroxyl groups is 1. The molecule has 5 nitrogen and oxygen atoms in total. The topological polar surface area (TPSA) is 56.7 Å². The van der Waals surface area contributed by atoms with Gasteiger partial charge in [0.1, 0.15) is 0 Å². The van der Waals surface area contributed by atoms with Crippen LogP contribution in [0.2, 0.25) is 0 Å². The number of likely N-dealkylation sites (tertiary alicyclic amines) is 1. The van der Waals surface area contributed by atoms with Gasteiger partial charge in [0, 0.05) is 50.8 Å². The third-order valence-electron chi connectivity index (χ3n) is 4.15. The molecule has 1 aromatic heterocycles. The number of β-amino-alcohol motifs (C(OH)–C–C–N with tert-alkyl or cyclic N) is 1. The van der Waals surface area contributed by atoms with Crippen molar-refractivity contribution in [2.24, 2.45) is 0 Å². The molecule has 0 unspecified atom stereocenters. The van der Waals surface area contributed by atoms with Gasteiger partial charge in [-0.25, -0.2) is 0 Å². The average Bonchev–Trinajstić information content (AvgIpc) is 3.01. The van der Waals surface area contributed by atoms with Crippen LogP contribution in [0.4, 0.5) is 5.69 Å². The number of anilines is 1. The standard InChI is InChI=1S/C18H21N3O2/c1-20(2)16-5-3-13(4-6-16)14-9-15(11-19-10-14)18(23)21-8-7-17(22)12-21/h3-6,9-11,17,22H,7-8,12H2,1-2H3/t17-/m1/s1. The predicted molar refractivity (Wildman–Crippen MR) is 90.5 cm³/mol. The minimum Gasteiger partial charge on any atom is -0.391 e. The second kappa shape index (κ2) is 6.38. The van der Waals surface area contributed by atoms with Gasteiger partial charge in [-0.1, -0.05) is 12.1 Å². The molecule has 2 aromatic rings. The number of carbonyl (C=O) groups is 1. The maximum atomic E-state index is 12.5. The molecule has 0 saturated carbocycles. The van der Waals surface area contributed by atoms with E-state index in [1.807, 2.05) is 49.3 Å². The van der Waals surface area contributed by atoms with Crippen LogP contribution < -0.4 is 4.90 Å². The van der Waals surface area contributed by atoms with Crippen molar-refractivity contribution in [2.45, 2.75) is 12.5 Å². The van der Waals surface area contributed by atoms with Crippen LogP contribution in [0.1, 0.15) is 16.8 Å². The molecular formula is C18H21N3O2. The van der Waals surface area contributed by atoms with E-state index in [9.17, 15) is 9.90 Å². The van der Waals surface area contributed by atoms with Crippen LogP contribution in [0.25, 0.3) is 11.1 Å².